The summed E-state index contributed by atoms with van der Waals surface area (Å²) in [4.78, 5) is 4.32. The fourth-order valence-electron chi connectivity index (χ4n) is 2.24. The van der Waals surface area contributed by atoms with Gasteiger partial charge in [-0.25, -0.2) is 0 Å². The molecule has 108 valence electrons. The van der Waals surface area contributed by atoms with E-state index in [9.17, 15) is 5.11 Å². The highest BCUT2D eigenvalue weighted by atomic mass is 16.5. The van der Waals surface area contributed by atoms with Gasteiger partial charge in [-0.05, 0) is 16.8 Å². The van der Waals surface area contributed by atoms with Gasteiger partial charge in [0.05, 0.1) is 19.1 Å². The first-order valence-electron chi connectivity index (χ1n) is 6.75. The van der Waals surface area contributed by atoms with Crippen LogP contribution in [0, 0.1) is 0 Å². The van der Waals surface area contributed by atoms with Gasteiger partial charge in [0.15, 0.2) is 0 Å². The Hall–Kier alpha value is -2.24. The molecule has 3 aromatic rings. The molecule has 1 N–H and O–H groups in total. The van der Waals surface area contributed by atoms with Crippen LogP contribution in [0.25, 0.3) is 22.2 Å². The first-order chi connectivity index (χ1) is 10.3. The normalized spacial score (nSPS) is 12.7. The van der Waals surface area contributed by atoms with Crippen molar-refractivity contribution in [2.45, 2.75) is 12.5 Å². The molecule has 0 aliphatic carbocycles. The molecule has 0 fully saturated rings. The number of nitrogens with zero attached hydrogens (tertiary/aromatic N) is 2. The van der Waals surface area contributed by atoms with Crippen LogP contribution in [0.1, 0.15) is 5.89 Å². The number of aromatic nitrogens is 2. The van der Waals surface area contributed by atoms with Crippen molar-refractivity contribution in [3.05, 3.63) is 48.4 Å². The minimum atomic E-state index is -0.639. The maximum atomic E-state index is 9.67. The molecule has 1 aromatic heterocycles. The van der Waals surface area contributed by atoms with Crippen molar-refractivity contribution >= 4 is 10.8 Å². The second-order valence-electron chi connectivity index (χ2n) is 4.89. The number of hydrogen-bond donors (Lipinski definition) is 1. The van der Waals surface area contributed by atoms with Gasteiger partial charge in [-0.1, -0.05) is 41.6 Å². The highest BCUT2D eigenvalue weighted by molar-refractivity contribution is 5.86. The quantitative estimate of drug-likeness (QED) is 0.779. The molecular formula is C16H16N2O3. The SMILES string of the molecule is COCC(O)Cc1nc(-c2ccc3ccccc3c2)no1. The highest BCUT2D eigenvalue weighted by Gasteiger charge is 2.13. The Kier molecular flexibility index (Phi) is 3.94. The predicted molar refractivity (Wildman–Crippen MR) is 78.8 cm³/mol. The van der Waals surface area contributed by atoms with Gasteiger partial charge in [-0.3, -0.25) is 0 Å². The zero-order valence-corrected chi connectivity index (χ0v) is 11.7. The Labute approximate surface area is 122 Å². The number of aliphatic hydroxyl groups is 1. The lowest BCUT2D eigenvalue weighted by atomic mass is 10.1. The summed E-state index contributed by atoms with van der Waals surface area (Å²) in [5.41, 5.74) is 0.893. The van der Waals surface area contributed by atoms with Crippen LogP contribution in [0.15, 0.2) is 47.0 Å². The van der Waals surface area contributed by atoms with Crippen molar-refractivity contribution in [1.82, 2.24) is 10.1 Å². The zero-order chi connectivity index (χ0) is 14.7. The molecule has 3 rings (SSSR count). The Bertz CT molecular complexity index is 739. The molecule has 5 nitrogen and oxygen atoms in total. The molecule has 0 saturated heterocycles. The summed E-state index contributed by atoms with van der Waals surface area (Å²) in [7, 11) is 1.54. The van der Waals surface area contributed by atoms with Gasteiger partial charge < -0.3 is 14.4 Å². The zero-order valence-electron chi connectivity index (χ0n) is 11.7. The molecule has 0 bridgehead atoms. The fraction of sp³-hybridized carbons (Fsp3) is 0.250. The van der Waals surface area contributed by atoms with E-state index in [1.54, 1.807) is 0 Å². The third-order valence-corrected chi connectivity index (χ3v) is 3.25. The number of ether oxygens (including phenoxy) is 1. The summed E-state index contributed by atoms with van der Waals surface area (Å²) in [5, 5.41) is 15.9. The minimum Gasteiger partial charge on any atom is -0.390 e. The van der Waals surface area contributed by atoms with Crippen LogP contribution in [0.4, 0.5) is 0 Å². The Morgan fingerprint density at radius 2 is 2.00 bits per heavy atom. The van der Waals surface area contributed by atoms with Crippen molar-refractivity contribution < 1.29 is 14.4 Å². The molecule has 0 aliphatic rings. The van der Waals surface area contributed by atoms with Crippen LogP contribution in [-0.2, 0) is 11.2 Å². The fourth-order valence-corrected chi connectivity index (χ4v) is 2.24. The van der Waals surface area contributed by atoms with E-state index in [4.69, 9.17) is 9.26 Å². The Morgan fingerprint density at radius 3 is 2.81 bits per heavy atom. The second kappa shape index (κ2) is 6.03. The van der Waals surface area contributed by atoms with E-state index in [2.05, 4.69) is 16.2 Å². The van der Waals surface area contributed by atoms with Gasteiger partial charge >= 0.3 is 0 Å². The number of benzene rings is 2. The van der Waals surface area contributed by atoms with Crippen molar-refractivity contribution in [3.8, 4) is 11.4 Å². The standard InChI is InChI=1S/C16H16N2O3/c1-20-10-14(19)9-15-17-16(18-21-15)13-7-6-11-4-2-3-5-12(11)8-13/h2-8,14,19H,9-10H2,1H3. The number of fused-ring (bicyclic) bond motifs is 1. The molecule has 0 aliphatic heterocycles. The summed E-state index contributed by atoms with van der Waals surface area (Å²) in [5.74, 6) is 0.933. The average molecular weight is 284 g/mol. The highest BCUT2D eigenvalue weighted by Crippen LogP contribution is 2.22. The van der Waals surface area contributed by atoms with E-state index >= 15 is 0 Å². The maximum Gasteiger partial charge on any atom is 0.229 e. The summed E-state index contributed by atoms with van der Waals surface area (Å²) >= 11 is 0. The van der Waals surface area contributed by atoms with Crippen LogP contribution >= 0.6 is 0 Å². The molecule has 2 aromatic carbocycles. The van der Waals surface area contributed by atoms with Gasteiger partial charge in [0.2, 0.25) is 11.7 Å². The molecule has 0 spiro atoms. The summed E-state index contributed by atoms with van der Waals surface area (Å²) in [6.07, 6.45) is -0.353. The van der Waals surface area contributed by atoms with Gasteiger partial charge in [0.1, 0.15) is 0 Å². The van der Waals surface area contributed by atoms with E-state index in [1.807, 2.05) is 36.4 Å². The first kappa shape index (κ1) is 13.7. The minimum absolute atomic E-state index is 0.244. The van der Waals surface area contributed by atoms with Gasteiger partial charge in [-0.15, -0.1) is 0 Å². The van der Waals surface area contributed by atoms with Crippen LogP contribution in [0.5, 0.6) is 0 Å². The predicted octanol–water partition coefficient (Wildman–Crippen LogP) is 2.44. The van der Waals surface area contributed by atoms with Gasteiger partial charge in [0, 0.05) is 12.7 Å². The molecule has 0 saturated carbocycles. The molecule has 1 heterocycles. The molecule has 21 heavy (non-hydrogen) atoms. The Morgan fingerprint density at radius 1 is 1.19 bits per heavy atom. The van der Waals surface area contributed by atoms with E-state index in [0.717, 1.165) is 10.9 Å². The van der Waals surface area contributed by atoms with Crippen LogP contribution < -0.4 is 0 Å². The van der Waals surface area contributed by atoms with Crippen molar-refractivity contribution in [2.24, 2.45) is 0 Å². The topological polar surface area (TPSA) is 68.4 Å². The van der Waals surface area contributed by atoms with E-state index in [-0.39, 0.29) is 13.0 Å². The number of rotatable bonds is 5. The summed E-state index contributed by atoms with van der Waals surface area (Å²) in [6.45, 7) is 0.244. The lowest BCUT2D eigenvalue weighted by Crippen LogP contribution is -2.17. The maximum absolute atomic E-state index is 9.67. The smallest absolute Gasteiger partial charge is 0.229 e. The molecule has 5 heteroatoms. The van der Waals surface area contributed by atoms with E-state index in [1.165, 1.54) is 12.5 Å². The summed E-state index contributed by atoms with van der Waals surface area (Å²) in [6, 6.07) is 14.1. The largest absolute Gasteiger partial charge is 0.390 e. The number of hydrogen-bond acceptors (Lipinski definition) is 5. The molecular weight excluding hydrogens is 268 g/mol. The molecule has 0 radical (unpaired) electrons. The monoisotopic (exact) mass is 284 g/mol. The Balaban J connectivity index is 1.84. The lowest BCUT2D eigenvalue weighted by molar-refractivity contribution is 0.0599. The average Bonchev–Trinajstić information content (AvgIpc) is 2.95. The third kappa shape index (κ3) is 3.09. The summed E-state index contributed by atoms with van der Waals surface area (Å²) < 4.78 is 10.0. The number of aliphatic hydroxyl groups excluding tert-OH is 1. The number of methoxy groups -OCH3 is 1. The van der Waals surface area contributed by atoms with Crippen LogP contribution in [-0.4, -0.2) is 35.1 Å². The van der Waals surface area contributed by atoms with E-state index in [0.29, 0.717) is 11.7 Å². The molecule has 1 atom stereocenters. The first-order valence-corrected chi connectivity index (χ1v) is 6.75. The van der Waals surface area contributed by atoms with Crippen molar-refractivity contribution in [1.29, 1.82) is 0 Å². The third-order valence-electron chi connectivity index (χ3n) is 3.25. The van der Waals surface area contributed by atoms with Crippen LogP contribution in [0.2, 0.25) is 0 Å². The van der Waals surface area contributed by atoms with Crippen LogP contribution in [0.3, 0.4) is 0 Å². The van der Waals surface area contributed by atoms with Gasteiger partial charge in [0.25, 0.3) is 0 Å². The molecule has 1 unspecified atom stereocenters. The van der Waals surface area contributed by atoms with E-state index < -0.39 is 6.10 Å². The van der Waals surface area contributed by atoms with Crippen molar-refractivity contribution in [2.75, 3.05) is 13.7 Å². The van der Waals surface area contributed by atoms with Crippen molar-refractivity contribution in [3.63, 3.8) is 0 Å². The van der Waals surface area contributed by atoms with Gasteiger partial charge in [-0.2, -0.15) is 4.98 Å². The molecule has 0 amide bonds. The lowest BCUT2D eigenvalue weighted by Gasteiger charge is -2.04. The second-order valence-corrected chi connectivity index (χ2v) is 4.89.